The summed E-state index contributed by atoms with van der Waals surface area (Å²) in [7, 11) is 0. The number of nitrogens with zero attached hydrogens (tertiary/aromatic N) is 7. The minimum atomic E-state index is 0. The third kappa shape index (κ3) is 5.51. The number of anilines is 2. The quantitative estimate of drug-likeness (QED) is 0.539. The second-order valence-corrected chi connectivity index (χ2v) is 8.62. The molecule has 1 amide bonds. The van der Waals surface area contributed by atoms with E-state index >= 15 is 0 Å². The maximum atomic E-state index is 13.2. The molecule has 0 atom stereocenters. The molecular weight excluding hydrogens is 450 g/mol. The smallest absolute Gasteiger partial charge is 0.273 e. The summed E-state index contributed by atoms with van der Waals surface area (Å²) >= 11 is 0. The molecule has 2 aliphatic rings. The fourth-order valence-corrected chi connectivity index (χ4v) is 4.66. The Morgan fingerprint density at radius 1 is 0.706 bits per heavy atom. The Morgan fingerprint density at radius 3 is 1.79 bits per heavy atom. The number of para-hydroxylation sites is 2. The normalized spacial score (nSPS) is 16.9. The summed E-state index contributed by atoms with van der Waals surface area (Å²) in [5.74, 6) is 0.0293. The first-order valence-electron chi connectivity index (χ1n) is 11.8. The van der Waals surface area contributed by atoms with Crippen molar-refractivity contribution >= 4 is 29.7 Å². The standard InChI is InChI=1S/C25H31N7O.ClH/c33-25(31-18-16-30(17-19-31)23-9-5-2-6-10-23)24-21-26-27-32(24)20-13-28-11-14-29(15-12-28)22-7-3-1-4-8-22;/h1-10,21H,11-20H2;1H. The second-order valence-electron chi connectivity index (χ2n) is 8.62. The number of carbonyl (C=O) groups is 1. The van der Waals surface area contributed by atoms with Crippen molar-refractivity contribution < 1.29 is 4.79 Å². The molecule has 0 N–H and O–H groups in total. The molecule has 3 aromatic rings. The lowest BCUT2D eigenvalue weighted by Gasteiger charge is -2.36. The molecule has 0 radical (unpaired) electrons. The third-order valence-electron chi connectivity index (χ3n) is 6.65. The van der Waals surface area contributed by atoms with Crippen LogP contribution < -0.4 is 9.80 Å². The highest BCUT2D eigenvalue weighted by Gasteiger charge is 2.25. The molecule has 9 heteroatoms. The third-order valence-corrected chi connectivity index (χ3v) is 6.65. The highest BCUT2D eigenvalue weighted by molar-refractivity contribution is 5.92. The minimum absolute atomic E-state index is 0. The molecule has 0 saturated carbocycles. The zero-order chi connectivity index (χ0) is 22.5. The van der Waals surface area contributed by atoms with Gasteiger partial charge in [-0.15, -0.1) is 17.5 Å². The Hall–Kier alpha value is -3.10. The molecule has 180 valence electrons. The fraction of sp³-hybridized carbons (Fsp3) is 0.400. The van der Waals surface area contributed by atoms with E-state index in [2.05, 4.69) is 79.6 Å². The van der Waals surface area contributed by atoms with Crippen LogP contribution in [0.4, 0.5) is 11.4 Å². The van der Waals surface area contributed by atoms with E-state index in [1.807, 2.05) is 11.0 Å². The SMILES string of the molecule is Cl.O=C(c1cnnn1CCN1CCN(c2ccccc2)CC1)N1CCN(c2ccccc2)CC1. The second kappa shape index (κ2) is 11.4. The van der Waals surface area contributed by atoms with Gasteiger partial charge in [-0.05, 0) is 24.3 Å². The fourth-order valence-electron chi connectivity index (χ4n) is 4.66. The number of halogens is 1. The number of aromatic nitrogens is 3. The molecule has 0 spiro atoms. The molecule has 0 bridgehead atoms. The van der Waals surface area contributed by atoms with Crippen LogP contribution in [0.5, 0.6) is 0 Å². The summed E-state index contributed by atoms with van der Waals surface area (Å²) in [4.78, 5) is 22.3. The number of benzene rings is 2. The van der Waals surface area contributed by atoms with Crippen molar-refractivity contribution in [3.63, 3.8) is 0 Å². The number of hydrogen-bond acceptors (Lipinski definition) is 6. The van der Waals surface area contributed by atoms with Crippen LogP contribution in [0.2, 0.25) is 0 Å². The summed E-state index contributed by atoms with van der Waals surface area (Å²) in [5.41, 5.74) is 3.09. The lowest BCUT2D eigenvalue weighted by Crippen LogP contribution is -2.49. The van der Waals surface area contributed by atoms with E-state index in [4.69, 9.17) is 0 Å². The molecule has 34 heavy (non-hydrogen) atoms. The number of piperazine rings is 2. The van der Waals surface area contributed by atoms with Gasteiger partial charge in [0.15, 0.2) is 0 Å². The molecule has 1 aromatic heterocycles. The van der Waals surface area contributed by atoms with Crippen molar-refractivity contribution in [1.82, 2.24) is 24.8 Å². The van der Waals surface area contributed by atoms with Crippen molar-refractivity contribution in [1.29, 1.82) is 0 Å². The highest BCUT2D eigenvalue weighted by Crippen LogP contribution is 2.17. The van der Waals surface area contributed by atoms with E-state index in [9.17, 15) is 4.79 Å². The Balaban J connectivity index is 0.00000274. The van der Waals surface area contributed by atoms with E-state index in [0.29, 0.717) is 25.3 Å². The average Bonchev–Trinajstić information content (AvgIpc) is 3.37. The molecule has 2 saturated heterocycles. The van der Waals surface area contributed by atoms with Crippen molar-refractivity contribution in [3.8, 4) is 0 Å². The van der Waals surface area contributed by atoms with Gasteiger partial charge in [0.2, 0.25) is 0 Å². The van der Waals surface area contributed by atoms with Gasteiger partial charge >= 0.3 is 0 Å². The number of carbonyl (C=O) groups excluding carboxylic acids is 1. The van der Waals surface area contributed by atoms with Gasteiger partial charge < -0.3 is 14.7 Å². The predicted molar refractivity (Wildman–Crippen MR) is 137 cm³/mol. The van der Waals surface area contributed by atoms with Gasteiger partial charge in [0.25, 0.3) is 5.91 Å². The van der Waals surface area contributed by atoms with Gasteiger partial charge in [0.1, 0.15) is 5.69 Å². The topological polar surface area (TPSA) is 60.7 Å². The number of amides is 1. The molecule has 2 aromatic carbocycles. The number of hydrogen-bond donors (Lipinski definition) is 0. The van der Waals surface area contributed by atoms with Crippen molar-refractivity contribution in [3.05, 3.63) is 72.6 Å². The van der Waals surface area contributed by atoms with E-state index in [0.717, 1.165) is 45.8 Å². The molecule has 5 rings (SSSR count). The van der Waals surface area contributed by atoms with Crippen LogP contribution in [-0.2, 0) is 6.54 Å². The maximum absolute atomic E-state index is 13.2. The van der Waals surface area contributed by atoms with Crippen molar-refractivity contribution in [2.24, 2.45) is 0 Å². The molecule has 3 heterocycles. The summed E-state index contributed by atoms with van der Waals surface area (Å²) in [5, 5.41) is 8.26. The first-order chi connectivity index (χ1) is 16.3. The molecule has 0 unspecified atom stereocenters. The van der Waals surface area contributed by atoms with Crippen LogP contribution >= 0.6 is 12.4 Å². The van der Waals surface area contributed by atoms with Gasteiger partial charge in [-0.3, -0.25) is 9.69 Å². The van der Waals surface area contributed by atoms with Crippen LogP contribution in [0, 0.1) is 0 Å². The molecule has 2 aliphatic heterocycles. The Morgan fingerprint density at radius 2 is 1.24 bits per heavy atom. The van der Waals surface area contributed by atoms with E-state index in [1.54, 1.807) is 10.9 Å². The monoisotopic (exact) mass is 481 g/mol. The Kier molecular flexibility index (Phi) is 8.03. The van der Waals surface area contributed by atoms with Crippen LogP contribution in [0.3, 0.4) is 0 Å². The zero-order valence-electron chi connectivity index (χ0n) is 19.4. The zero-order valence-corrected chi connectivity index (χ0v) is 20.2. The average molecular weight is 482 g/mol. The lowest BCUT2D eigenvalue weighted by molar-refractivity contribution is 0.0732. The van der Waals surface area contributed by atoms with Gasteiger partial charge in [0, 0.05) is 70.3 Å². The van der Waals surface area contributed by atoms with Crippen molar-refractivity contribution in [2.75, 3.05) is 68.7 Å². The van der Waals surface area contributed by atoms with Gasteiger partial charge in [0.05, 0.1) is 12.7 Å². The minimum Gasteiger partial charge on any atom is -0.369 e. The Bertz CT molecular complexity index is 1030. The first-order valence-corrected chi connectivity index (χ1v) is 11.8. The van der Waals surface area contributed by atoms with Crippen LogP contribution in [0.15, 0.2) is 66.9 Å². The Labute approximate surface area is 207 Å². The van der Waals surface area contributed by atoms with Crippen molar-refractivity contribution in [2.45, 2.75) is 6.54 Å². The molecule has 8 nitrogen and oxygen atoms in total. The predicted octanol–water partition coefficient (Wildman–Crippen LogP) is 2.48. The molecule has 2 fully saturated rings. The molecular formula is C25H32ClN7O. The maximum Gasteiger partial charge on any atom is 0.273 e. The highest BCUT2D eigenvalue weighted by atomic mass is 35.5. The summed E-state index contributed by atoms with van der Waals surface area (Å²) in [6.45, 7) is 8.68. The summed E-state index contributed by atoms with van der Waals surface area (Å²) in [6.07, 6.45) is 1.61. The number of rotatable bonds is 6. The van der Waals surface area contributed by atoms with E-state index < -0.39 is 0 Å². The van der Waals surface area contributed by atoms with Gasteiger partial charge in [-0.2, -0.15) is 0 Å². The summed E-state index contributed by atoms with van der Waals surface area (Å²) in [6, 6.07) is 21.0. The van der Waals surface area contributed by atoms with Crippen LogP contribution in [0.25, 0.3) is 0 Å². The largest absolute Gasteiger partial charge is 0.369 e. The lowest BCUT2D eigenvalue weighted by atomic mass is 10.2. The van der Waals surface area contributed by atoms with Crippen LogP contribution in [-0.4, -0.2) is 89.6 Å². The van der Waals surface area contributed by atoms with Crippen LogP contribution in [0.1, 0.15) is 10.5 Å². The van der Waals surface area contributed by atoms with Gasteiger partial charge in [-0.1, -0.05) is 41.6 Å². The van der Waals surface area contributed by atoms with E-state index in [-0.39, 0.29) is 18.3 Å². The summed E-state index contributed by atoms with van der Waals surface area (Å²) < 4.78 is 1.77. The van der Waals surface area contributed by atoms with E-state index in [1.165, 1.54) is 11.4 Å². The van der Waals surface area contributed by atoms with Gasteiger partial charge in [-0.25, -0.2) is 4.68 Å². The first kappa shape index (κ1) is 24.0. The molecule has 0 aliphatic carbocycles.